The van der Waals surface area contributed by atoms with Crippen LogP contribution >= 0.6 is 0 Å². The summed E-state index contributed by atoms with van der Waals surface area (Å²) in [6.07, 6.45) is 0. The minimum Gasteiger partial charge on any atom is -0.223 e. The van der Waals surface area contributed by atoms with Gasteiger partial charge in [-0.1, -0.05) is 0 Å². The zero-order valence-electron chi connectivity index (χ0n) is 13.1. The average Bonchev–Trinajstić information content (AvgIpc) is 2.15. The van der Waals surface area contributed by atoms with Gasteiger partial charge in [-0.25, -0.2) is 20.0 Å². The van der Waals surface area contributed by atoms with Crippen molar-refractivity contribution in [1.82, 2.24) is 0 Å². The maximum Gasteiger partial charge on any atom is 0.0897 e. The fourth-order valence-electron chi connectivity index (χ4n) is 0.529. The van der Waals surface area contributed by atoms with Gasteiger partial charge in [0.2, 0.25) is 0 Å². The first-order valence-electron chi connectivity index (χ1n) is 6.55. The van der Waals surface area contributed by atoms with Gasteiger partial charge in [-0.2, -0.15) is 0 Å². The van der Waals surface area contributed by atoms with E-state index in [4.69, 9.17) is 0 Å². The average molecular weight is 252 g/mol. The van der Waals surface area contributed by atoms with Crippen LogP contribution in [0.3, 0.4) is 0 Å². The highest BCUT2D eigenvalue weighted by atomic mass is 14.8. The van der Waals surface area contributed by atoms with E-state index in [0.717, 1.165) is 0 Å². The number of hydrogen-bond acceptors (Lipinski definition) is 4. The molecule has 0 aliphatic carbocycles. The van der Waals surface area contributed by atoms with E-state index < -0.39 is 0 Å². The first kappa shape index (κ1) is 19.1. The number of aliphatic imine (C=N–C) groups is 4. The van der Waals surface area contributed by atoms with Crippen LogP contribution in [0.25, 0.3) is 0 Å². The highest BCUT2D eigenvalue weighted by molar-refractivity contribution is 5.42. The predicted molar refractivity (Wildman–Crippen MR) is 80.3 cm³/mol. The van der Waals surface area contributed by atoms with Crippen molar-refractivity contribution in [3.8, 4) is 0 Å². The lowest BCUT2D eigenvalue weighted by atomic mass is 10.4. The zero-order valence-corrected chi connectivity index (χ0v) is 13.1. The van der Waals surface area contributed by atoms with Crippen LogP contribution in [0.4, 0.5) is 0 Å². The molecule has 4 nitrogen and oxygen atoms in total. The molecule has 0 amide bonds. The van der Waals surface area contributed by atoms with Gasteiger partial charge in [0.15, 0.2) is 0 Å². The van der Waals surface area contributed by atoms with Crippen molar-refractivity contribution in [3.05, 3.63) is 0 Å². The highest BCUT2D eigenvalue weighted by Crippen LogP contribution is 1.85. The van der Waals surface area contributed by atoms with Crippen molar-refractivity contribution in [2.45, 2.75) is 79.6 Å². The van der Waals surface area contributed by atoms with Gasteiger partial charge in [-0.15, -0.1) is 0 Å². The lowest BCUT2D eigenvalue weighted by Crippen LogP contribution is -1.88. The molecule has 0 atom stereocenters. The van der Waals surface area contributed by atoms with Crippen LogP contribution in [0.2, 0.25) is 0 Å². The van der Waals surface area contributed by atoms with E-state index in [-0.39, 0.29) is 0 Å². The number of rotatable bonds is 4. The van der Waals surface area contributed by atoms with Crippen LogP contribution in [0.15, 0.2) is 20.0 Å². The monoisotopic (exact) mass is 252 g/mol. The second-order valence-electron chi connectivity index (χ2n) is 5.09. The SMILES string of the molecule is CC(C)N=C=NC(C)C.CC(C)N=C=NC(C)C. The molecular weight excluding hydrogens is 224 g/mol. The summed E-state index contributed by atoms with van der Waals surface area (Å²) < 4.78 is 0. The third kappa shape index (κ3) is 24.1. The topological polar surface area (TPSA) is 49.4 Å². The molecule has 0 rings (SSSR count). The largest absolute Gasteiger partial charge is 0.223 e. The Balaban J connectivity index is 0. The molecule has 0 aliphatic rings. The van der Waals surface area contributed by atoms with Crippen molar-refractivity contribution in [3.63, 3.8) is 0 Å². The summed E-state index contributed by atoms with van der Waals surface area (Å²) in [6, 6.07) is 6.52. The van der Waals surface area contributed by atoms with E-state index >= 15 is 0 Å². The Bertz CT molecular complexity index is 246. The molecule has 18 heavy (non-hydrogen) atoms. The zero-order chi connectivity index (χ0) is 14.6. The third-order valence-corrected chi connectivity index (χ3v) is 1.26. The fourth-order valence-corrected chi connectivity index (χ4v) is 0.529. The van der Waals surface area contributed by atoms with Crippen molar-refractivity contribution < 1.29 is 0 Å². The van der Waals surface area contributed by atoms with Crippen molar-refractivity contribution in [2.24, 2.45) is 20.0 Å². The minimum atomic E-state index is 0.312. The highest BCUT2D eigenvalue weighted by Gasteiger charge is 1.83. The van der Waals surface area contributed by atoms with Gasteiger partial charge in [0, 0.05) is 0 Å². The summed E-state index contributed by atoms with van der Waals surface area (Å²) in [6.45, 7) is 16.0. The molecule has 0 aromatic carbocycles. The fraction of sp³-hybridized carbons (Fsp3) is 0.857. The van der Waals surface area contributed by atoms with Crippen LogP contribution in [-0.2, 0) is 0 Å². The molecule has 0 fully saturated rings. The molecule has 0 aliphatic heterocycles. The molecule has 0 saturated heterocycles. The van der Waals surface area contributed by atoms with Crippen LogP contribution in [0.5, 0.6) is 0 Å². The standard InChI is InChI=1S/2C7H14N2/c2*1-6(2)8-5-9-7(3)4/h2*6-7H,1-4H3. The summed E-state index contributed by atoms with van der Waals surface area (Å²) in [5, 5.41) is 0. The van der Waals surface area contributed by atoms with Gasteiger partial charge in [-0.3, -0.25) is 0 Å². The molecule has 0 aromatic heterocycles. The lowest BCUT2D eigenvalue weighted by Gasteiger charge is -1.89. The second kappa shape index (κ2) is 12.2. The maximum absolute atomic E-state index is 3.95. The van der Waals surface area contributed by atoms with Gasteiger partial charge in [0.1, 0.15) is 0 Å². The van der Waals surface area contributed by atoms with Crippen molar-refractivity contribution >= 4 is 12.0 Å². The van der Waals surface area contributed by atoms with Gasteiger partial charge in [-0.05, 0) is 55.4 Å². The van der Waals surface area contributed by atoms with Gasteiger partial charge >= 0.3 is 0 Å². The van der Waals surface area contributed by atoms with Gasteiger partial charge in [0.25, 0.3) is 0 Å². The van der Waals surface area contributed by atoms with E-state index in [1.807, 2.05) is 55.4 Å². The Morgan fingerprint density at radius 2 is 0.611 bits per heavy atom. The molecule has 0 unspecified atom stereocenters. The van der Waals surface area contributed by atoms with E-state index in [1.54, 1.807) is 0 Å². The smallest absolute Gasteiger partial charge is 0.0897 e. The third-order valence-electron chi connectivity index (χ3n) is 1.26. The van der Waals surface area contributed by atoms with Crippen LogP contribution in [-0.4, -0.2) is 36.2 Å². The first-order chi connectivity index (χ1) is 8.25. The molecular formula is C14H28N4. The van der Waals surface area contributed by atoms with Crippen LogP contribution < -0.4 is 0 Å². The quantitative estimate of drug-likeness (QED) is 0.680. The van der Waals surface area contributed by atoms with E-state index in [0.29, 0.717) is 24.2 Å². The molecule has 4 heteroatoms. The Morgan fingerprint density at radius 3 is 0.722 bits per heavy atom. The first-order valence-corrected chi connectivity index (χ1v) is 6.55. The van der Waals surface area contributed by atoms with Crippen molar-refractivity contribution in [2.75, 3.05) is 0 Å². The lowest BCUT2D eigenvalue weighted by molar-refractivity contribution is 0.817. The Kier molecular flexibility index (Phi) is 13.0. The Morgan fingerprint density at radius 1 is 0.444 bits per heavy atom. The summed E-state index contributed by atoms with van der Waals surface area (Å²) in [7, 11) is 0. The molecule has 0 spiro atoms. The normalized spacial score (nSPS) is 9.56. The predicted octanol–water partition coefficient (Wildman–Crippen LogP) is 3.95. The Hall–Kier alpha value is -1.24. The van der Waals surface area contributed by atoms with E-state index in [2.05, 4.69) is 32.0 Å². The van der Waals surface area contributed by atoms with Crippen LogP contribution in [0.1, 0.15) is 55.4 Å². The van der Waals surface area contributed by atoms with Gasteiger partial charge in [0.05, 0.1) is 36.2 Å². The van der Waals surface area contributed by atoms with Crippen LogP contribution in [0, 0.1) is 0 Å². The molecule has 0 aromatic rings. The molecule has 0 radical (unpaired) electrons. The van der Waals surface area contributed by atoms with Crippen molar-refractivity contribution in [1.29, 1.82) is 0 Å². The minimum absolute atomic E-state index is 0.312. The number of nitrogens with zero attached hydrogens (tertiary/aromatic N) is 4. The molecule has 0 saturated carbocycles. The summed E-state index contributed by atoms with van der Waals surface area (Å²) in [5.41, 5.74) is 0. The molecule has 0 heterocycles. The van der Waals surface area contributed by atoms with E-state index in [1.165, 1.54) is 0 Å². The molecule has 104 valence electrons. The number of hydrogen-bond donors (Lipinski definition) is 0. The summed E-state index contributed by atoms with van der Waals surface area (Å²) in [4.78, 5) is 15.8. The molecule has 0 N–H and O–H groups in total. The van der Waals surface area contributed by atoms with Gasteiger partial charge < -0.3 is 0 Å². The van der Waals surface area contributed by atoms with E-state index in [9.17, 15) is 0 Å². The summed E-state index contributed by atoms with van der Waals surface area (Å²) in [5.74, 6) is 0. The molecule has 0 bridgehead atoms. The summed E-state index contributed by atoms with van der Waals surface area (Å²) >= 11 is 0. The second-order valence-corrected chi connectivity index (χ2v) is 5.09. The Labute approximate surface area is 112 Å². The maximum atomic E-state index is 3.95.